The molecule has 0 spiro atoms. The SMILES string of the molecule is Cc1ccc(-c2nn(CN[C@H](c3cccs3)C(C)(C)C)c(=O)c3ccccc23)cc1. The summed E-state index contributed by atoms with van der Waals surface area (Å²) in [6.45, 7) is 9.04. The lowest BCUT2D eigenvalue weighted by molar-refractivity contribution is 0.254. The van der Waals surface area contributed by atoms with Crippen molar-refractivity contribution in [2.75, 3.05) is 0 Å². The largest absolute Gasteiger partial charge is 0.290 e. The van der Waals surface area contributed by atoms with Gasteiger partial charge in [0, 0.05) is 21.9 Å². The fraction of sp³-hybridized carbons (Fsp3) is 0.280. The molecule has 4 nitrogen and oxygen atoms in total. The van der Waals surface area contributed by atoms with Crippen molar-refractivity contribution >= 4 is 22.1 Å². The van der Waals surface area contributed by atoms with Crippen molar-refractivity contribution in [1.82, 2.24) is 15.1 Å². The Morgan fingerprint density at radius 2 is 1.70 bits per heavy atom. The number of thiophene rings is 1. The Kier molecular flexibility index (Phi) is 5.58. The predicted octanol–water partition coefficient (Wildman–Crippen LogP) is 5.77. The summed E-state index contributed by atoms with van der Waals surface area (Å²) in [4.78, 5) is 14.4. The number of nitrogens with one attached hydrogen (secondary N) is 1. The molecule has 2 heterocycles. The van der Waals surface area contributed by atoms with Gasteiger partial charge in [-0.2, -0.15) is 5.10 Å². The summed E-state index contributed by atoms with van der Waals surface area (Å²) in [6, 6.07) is 20.3. The first-order valence-corrected chi connectivity index (χ1v) is 11.1. The molecule has 5 heteroatoms. The highest BCUT2D eigenvalue weighted by molar-refractivity contribution is 7.10. The number of hydrogen-bond donors (Lipinski definition) is 1. The molecule has 0 bridgehead atoms. The van der Waals surface area contributed by atoms with Crippen LogP contribution in [0.4, 0.5) is 0 Å². The normalized spacial score (nSPS) is 12.9. The Morgan fingerprint density at radius 3 is 2.33 bits per heavy atom. The Morgan fingerprint density at radius 1 is 1.00 bits per heavy atom. The molecule has 4 aromatic rings. The molecule has 0 saturated heterocycles. The predicted molar refractivity (Wildman–Crippen MR) is 126 cm³/mol. The number of hydrogen-bond acceptors (Lipinski definition) is 4. The maximum Gasteiger partial charge on any atom is 0.275 e. The quantitative estimate of drug-likeness (QED) is 0.448. The monoisotopic (exact) mass is 417 g/mol. The molecule has 0 radical (unpaired) electrons. The molecule has 1 N–H and O–H groups in total. The highest BCUT2D eigenvalue weighted by Gasteiger charge is 2.27. The van der Waals surface area contributed by atoms with Gasteiger partial charge in [0.25, 0.3) is 5.56 Å². The topological polar surface area (TPSA) is 46.9 Å². The van der Waals surface area contributed by atoms with Gasteiger partial charge < -0.3 is 0 Å². The summed E-state index contributed by atoms with van der Waals surface area (Å²) in [6.07, 6.45) is 0. The number of nitrogens with zero attached hydrogens (tertiary/aromatic N) is 2. The van der Waals surface area contributed by atoms with Crippen LogP contribution in [0.1, 0.15) is 37.3 Å². The Balaban J connectivity index is 1.77. The van der Waals surface area contributed by atoms with Crippen LogP contribution in [-0.4, -0.2) is 9.78 Å². The van der Waals surface area contributed by atoms with Crippen LogP contribution in [0.5, 0.6) is 0 Å². The molecule has 0 amide bonds. The van der Waals surface area contributed by atoms with Crippen LogP contribution in [0.2, 0.25) is 0 Å². The average Bonchev–Trinajstić information content (AvgIpc) is 3.24. The van der Waals surface area contributed by atoms with E-state index in [0.717, 1.165) is 16.6 Å². The zero-order valence-electron chi connectivity index (χ0n) is 17.8. The maximum atomic E-state index is 13.2. The molecule has 30 heavy (non-hydrogen) atoms. The highest BCUT2D eigenvalue weighted by Crippen LogP contribution is 2.35. The third-order valence-electron chi connectivity index (χ3n) is 5.33. The summed E-state index contributed by atoms with van der Waals surface area (Å²) >= 11 is 1.73. The van der Waals surface area contributed by atoms with Gasteiger partial charge in [-0.25, -0.2) is 4.68 Å². The van der Waals surface area contributed by atoms with Crippen LogP contribution in [0.25, 0.3) is 22.0 Å². The Bertz CT molecular complexity index is 1200. The molecule has 1 atom stereocenters. The van der Waals surface area contributed by atoms with E-state index in [9.17, 15) is 4.79 Å². The number of rotatable bonds is 5. The molecule has 154 valence electrons. The fourth-order valence-electron chi connectivity index (χ4n) is 3.73. The third kappa shape index (κ3) is 4.09. The number of aromatic nitrogens is 2. The van der Waals surface area contributed by atoms with Crippen LogP contribution in [0.15, 0.2) is 70.8 Å². The summed E-state index contributed by atoms with van der Waals surface area (Å²) in [5.41, 5.74) is 2.96. The second kappa shape index (κ2) is 8.17. The molecule has 0 unspecified atom stereocenters. The Hall–Kier alpha value is -2.76. The lowest BCUT2D eigenvalue weighted by atomic mass is 9.86. The molecule has 2 aromatic carbocycles. The van der Waals surface area contributed by atoms with Gasteiger partial charge in [-0.3, -0.25) is 10.1 Å². The van der Waals surface area contributed by atoms with E-state index in [1.54, 1.807) is 16.0 Å². The van der Waals surface area contributed by atoms with Crippen molar-refractivity contribution in [3.05, 3.63) is 86.8 Å². The smallest absolute Gasteiger partial charge is 0.275 e. The highest BCUT2D eigenvalue weighted by atomic mass is 32.1. The van der Waals surface area contributed by atoms with Gasteiger partial charge in [0.15, 0.2) is 0 Å². The zero-order valence-corrected chi connectivity index (χ0v) is 18.7. The van der Waals surface area contributed by atoms with Crippen molar-refractivity contribution in [2.24, 2.45) is 5.41 Å². The Labute approximate surface area is 181 Å². The van der Waals surface area contributed by atoms with E-state index in [-0.39, 0.29) is 17.0 Å². The van der Waals surface area contributed by atoms with Crippen LogP contribution in [0.3, 0.4) is 0 Å². The second-order valence-electron chi connectivity index (χ2n) is 8.74. The molecule has 0 aliphatic rings. The van der Waals surface area contributed by atoms with Crippen molar-refractivity contribution in [2.45, 2.75) is 40.4 Å². The van der Waals surface area contributed by atoms with Crippen molar-refractivity contribution in [3.8, 4) is 11.3 Å². The van der Waals surface area contributed by atoms with Crippen molar-refractivity contribution in [1.29, 1.82) is 0 Å². The maximum absolute atomic E-state index is 13.2. The zero-order chi connectivity index (χ0) is 21.3. The molecule has 0 aliphatic carbocycles. The minimum absolute atomic E-state index is 0.00506. The first-order chi connectivity index (χ1) is 14.3. The summed E-state index contributed by atoms with van der Waals surface area (Å²) < 4.78 is 1.56. The van der Waals surface area contributed by atoms with Crippen LogP contribution < -0.4 is 10.9 Å². The lowest BCUT2D eigenvalue weighted by Gasteiger charge is -2.31. The minimum Gasteiger partial charge on any atom is -0.290 e. The van der Waals surface area contributed by atoms with E-state index in [1.165, 1.54) is 10.4 Å². The van der Waals surface area contributed by atoms with Gasteiger partial charge in [-0.1, -0.05) is 74.9 Å². The second-order valence-corrected chi connectivity index (χ2v) is 9.72. The van der Waals surface area contributed by atoms with Crippen molar-refractivity contribution in [3.63, 3.8) is 0 Å². The van der Waals surface area contributed by atoms with E-state index in [4.69, 9.17) is 5.10 Å². The first kappa shape index (κ1) is 20.5. The molecule has 0 aliphatic heterocycles. The molecular formula is C25H27N3OS. The van der Waals surface area contributed by atoms with E-state index >= 15 is 0 Å². The number of aryl methyl sites for hydroxylation is 1. The van der Waals surface area contributed by atoms with Gasteiger partial charge in [0.05, 0.1) is 17.7 Å². The summed E-state index contributed by atoms with van der Waals surface area (Å²) in [7, 11) is 0. The molecular weight excluding hydrogens is 390 g/mol. The minimum atomic E-state index is -0.0761. The van der Waals surface area contributed by atoms with Gasteiger partial charge >= 0.3 is 0 Å². The first-order valence-electron chi connectivity index (χ1n) is 10.2. The van der Waals surface area contributed by atoms with E-state index in [0.29, 0.717) is 12.1 Å². The lowest BCUT2D eigenvalue weighted by Crippen LogP contribution is -2.37. The van der Waals surface area contributed by atoms with Crippen LogP contribution in [-0.2, 0) is 6.67 Å². The average molecular weight is 418 g/mol. The summed E-state index contributed by atoms with van der Waals surface area (Å²) in [5, 5.41) is 12.0. The van der Waals surface area contributed by atoms with Crippen LogP contribution >= 0.6 is 11.3 Å². The van der Waals surface area contributed by atoms with Gasteiger partial charge in [-0.15, -0.1) is 11.3 Å². The third-order valence-corrected chi connectivity index (χ3v) is 6.27. The molecule has 4 rings (SSSR count). The standard InChI is InChI=1S/C25H27N3OS/c1-17-11-13-18(14-12-17)22-19-8-5-6-9-20(19)24(29)28(27-22)16-26-23(25(2,3)4)21-10-7-15-30-21/h5-15,23,26H,16H2,1-4H3/t23-/m1/s1. The summed E-state index contributed by atoms with van der Waals surface area (Å²) in [5.74, 6) is 0. The number of benzene rings is 2. The van der Waals surface area contributed by atoms with Gasteiger partial charge in [0.1, 0.15) is 0 Å². The van der Waals surface area contributed by atoms with E-state index < -0.39 is 0 Å². The van der Waals surface area contributed by atoms with Gasteiger partial charge in [0.2, 0.25) is 0 Å². The fourth-order valence-corrected chi connectivity index (χ4v) is 4.78. The molecule has 0 fully saturated rings. The molecule has 2 aromatic heterocycles. The van der Waals surface area contributed by atoms with Gasteiger partial charge in [-0.05, 0) is 29.9 Å². The van der Waals surface area contributed by atoms with Crippen molar-refractivity contribution < 1.29 is 0 Å². The molecule has 0 saturated carbocycles. The van der Waals surface area contributed by atoms with E-state index in [1.807, 2.05) is 24.3 Å². The van der Waals surface area contributed by atoms with E-state index in [2.05, 4.69) is 74.8 Å². The number of fused-ring (bicyclic) bond motifs is 1. The van der Waals surface area contributed by atoms with Crippen LogP contribution in [0, 0.1) is 12.3 Å².